The average molecular weight is 572 g/mol. The average Bonchev–Trinajstić information content (AvgIpc) is 2.82. The van der Waals surface area contributed by atoms with Gasteiger partial charge in [-0.1, -0.05) is 58.9 Å². The standard InChI is InChI=1S/C26H30Cl4N4O2/c27-19-15-20(28)17-22(16-19)33-26(36)32-21-8-12-34(13-9-21)11-3-1-2-10-31-25(35)7-5-18-4-6-23(29)24(30)14-18/h4-7,14-17,21H,1-3,8-13H2,(H,31,35)(H2,32,33,36)/b7-5+. The van der Waals surface area contributed by atoms with Gasteiger partial charge in [0.15, 0.2) is 0 Å². The first kappa shape index (κ1) is 28.6. The number of carbonyl (C=O) groups is 2. The molecular weight excluding hydrogens is 542 g/mol. The fourth-order valence-corrected chi connectivity index (χ4v) is 4.81. The van der Waals surface area contributed by atoms with E-state index in [1.165, 1.54) is 6.08 Å². The molecule has 0 unspecified atom stereocenters. The molecule has 36 heavy (non-hydrogen) atoms. The number of urea groups is 1. The molecule has 1 heterocycles. The van der Waals surface area contributed by atoms with Gasteiger partial charge < -0.3 is 20.9 Å². The van der Waals surface area contributed by atoms with E-state index in [2.05, 4.69) is 20.9 Å². The van der Waals surface area contributed by atoms with Crippen LogP contribution in [-0.2, 0) is 4.79 Å². The monoisotopic (exact) mass is 570 g/mol. The van der Waals surface area contributed by atoms with Gasteiger partial charge in [-0.2, -0.15) is 0 Å². The summed E-state index contributed by atoms with van der Waals surface area (Å²) >= 11 is 23.8. The number of unbranched alkanes of at least 4 members (excludes halogenated alkanes) is 2. The van der Waals surface area contributed by atoms with Crippen LogP contribution >= 0.6 is 46.4 Å². The van der Waals surface area contributed by atoms with E-state index in [4.69, 9.17) is 46.4 Å². The van der Waals surface area contributed by atoms with Gasteiger partial charge in [-0.05, 0) is 74.2 Å². The lowest BCUT2D eigenvalue weighted by Crippen LogP contribution is -2.46. The van der Waals surface area contributed by atoms with Gasteiger partial charge >= 0.3 is 6.03 Å². The Balaban J connectivity index is 1.23. The second-order valence-corrected chi connectivity index (χ2v) is 10.4. The van der Waals surface area contributed by atoms with E-state index in [1.807, 2.05) is 6.07 Å². The summed E-state index contributed by atoms with van der Waals surface area (Å²) in [6, 6.07) is 10.1. The Morgan fingerprint density at radius 1 is 0.917 bits per heavy atom. The van der Waals surface area contributed by atoms with Crippen molar-refractivity contribution in [2.75, 3.05) is 31.5 Å². The zero-order chi connectivity index (χ0) is 25.9. The minimum absolute atomic E-state index is 0.127. The number of amides is 3. The zero-order valence-corrected chi connectivity index (χ0v) is 22.9. The van der Waals surface area contributed by atoms with Crippen LogP contribution in [0.25, 0.3) is 6.08 Å². The smallest absolute Gasteiger partial charge is 0.319 e. The van der Waals surface area contributed by atoms with E-state index in [-0.39, 0.29) is 18.0 Å². The van der Waals surface area contributed by atoms with Crippen LogP contribution in [0.2, 0.25) is 20.1 Å². The van der Waals surface area contributed by atoms with E-state index in [1.54, 1.807) is 36.4 Å². The lowest BCUT2D eigenvalue weighted by atomic mass is 10.0. The molecule has 1 aliphatic rings. The molecule has 2 aromatic rings. The highest BCUT2D eigenvalue weighted by Crippen LogP contribution is 2.23. The van der Waals surface area contributed by atoms with Crippen molar-refractivity contribution >= 4 is 70.1 Å². The zero-order valence-electron chi connectivity index (χ0n) is 19.8. The van der Waals surface area contributed by atoms with Crippen LogP contribution in [0.1, 0.15) is 37.7 Å². The molecular formula is C26H30Cl4N4O2. The van der Waals surface area contributed by atoms with Crippen molar-refractivity contribution in [2.24, 2.45) is 0 Å². The molecule has 0 saturated carbocycles. The maximum Gasteiger partial charge on any atom is 0.319 e. The van der Waals surface area contributed by atoms with Gasteiger partial charge in [0.25, 0.3) is 0 Å². The fraction of sp³-hybridized carbons (Fsp3) is 0.385. The molecule has 6 nitrogen and oxygen atoms in total. The van der Waals surface area contributed by atoms with E-state index >= 15 is 0 Å². The van der Waals surface area contributed by atoms with Gasteiger partial charge in [0.1, 0.15) is 0 Å². The molecule has 10 heteroatoms. The Hall–Kier alpha value is -1.96. The quantitative estimate of drug-likeness (QED) is 0.215. The molecule has 0 bridgehead atoms. The number of likely N-dealkylation sites (tertiary alicyclic amines) is 1. The van der Waals surface area contributed by atoms with Crippen LogP contribution in [0, 0.1) is 0 Å². The number of nitrogens with zero attached hydrogens (tertiary/aromatic N) is 1. The van der Waals surface area contributed by atoms with Gasteiger partial charge in [-0.25, -0.2) is 4.79 Å². The first-order valence-corrected chi connectivity index (χ1v) is 13.5. The van der Waals surface area contributed by atoms with Crippen LogP contribution < -0.4 is 16.0 Å². The number of benzene rings is 2. The molecule has 3 rings (SSSR count). The molecule has 0 atom stereocenters. The molecule has 0 spiro atoms. The number of hydrogen-bond donors (Lipinski definition) is 3. The molecule has 2 aromatic carbocycles. The van der Waals surface area contributed by atoms with E-state index in [9.17, 15) is 9.59 Å². The number of nitrogens with one attached hydrogen (secondary N) is 3. The Kier molecular flexibility index (Phi) is 11.7. The molecule has 3 amide bonds. The number of piperidine rings is 1. The molecule has 1 aliphatic heterocycles. The number of halogens is 4. The predicted molar refractivity (Wildman–Crippen MR) is 150 cm³/mol. The highest BCUT2D eigenvalue weighted by Gasteiger charge is 2.20. The lowest BCUT2D eigenvalue weighted by Gasteiger charge is -2.32. The summed E-state index contributed by atoms with van der Waals surface area (Å²) in [5.41, 5.74) is 1.39. The second-order valence-electron chi connectivity index (χ2n) is 8.73. The summed E-state index contributed by atoms with van der Waals surface area (Å²) in [6.07, 6.45) is 8.07. The maximum absolute atomic E-state index is 12.3. The summed E-state index contributed by atoms with van der Waals surface area (Å²) in [5.74, 6) is -0.127. The maximum atomic E-state index is 12.3. The van der Waals surface area contributed by atoms with Crippen LogP contribution in [-0.4, -0.2) is 49.1 Å². The van der Waals surface area contributed by atoms with Crippen molar-refractivity contribution in [3.05, 3.63) is 68.1 Å². The number of rotatable bonds is 10. The number of anilines is 1. The predicted octanol–water partition coefficient (Wildman–Crippen LogP) is 6.89. The highest BCUT2D eigenvalue weighted by atomic mass is 35.5. The van der Waals surface area contributed by atoms with Gasteiger partial charge in [0.05, 0.1) is 10.0 Å². The molecule has 1 saturated heterocycles. The van der Waals surface area contributed by atoms with E-state index in [0.717, 1.165) is 57.3 Å². The number of hydrogen-bond acceptors (Lipinski definition) is 3. The van der Waals surface area contributed by atoms with Crippen LogP contribution in [0.3, 0.4) is 0 Å². The summed E-state index contributed by atoms with van der Waals surface area (Å²) in [6.45, 7) is 3.56. The Bertz CT molecular complexity index is 1050. The van der Waals surface area contributed by atoms with Crippen molar-refractivity contribution in [3.8, 4) is 0 Å². The first-order valence-electron chi connectivity index (χ1n) is 12.0. The van der Waals surface area contributed by atoms with Gasteiger partial charge in [-0.15, -0.1) is 0 Å². The van der Waals surface area contributed by atoms with Crippen LogP contribution in [0.5, 0.6) is 0 Å². The third-order valence-corrected chi connectivity index (χ3v) is 7.04. The lowest BCUT2D eigenvalue weighted by molar-refractivity contribution is -0.116. The molecule has 0 radical (unpaired) electrons. The Labute approximate surface area is 232 Å². The van der Waals surface area contributed by atoms with Crippen LogP contribution in [0.4, 0.5) is 10.5 Å². The number of carbonyl (C=O) groups excluding carboxylic acids is 2. The third-order valence-electron chi connectivity index (χ3n) is 5.86. The van der Waals surface area contributed by atoms with Crippen molar-refractivity contribution < 1.29 is 9.59 Å². The molecule has 0 aliphatic carbocycles. The van der Waals surface area contributed by atoms with Crippen molar-refractivity contribution in [1.82, 2.24) is 15.5 Å². The largest absolute Gasteiger partial charge is 0.353 e. The second kappa shape index (κ2) is 14.7. The minimum atomic E-state index is -0.249. The van der Waals surface area contributed by atoms with E-state index < -0.39 is 0 Å². The topological polar surface area (TPSA) is 73.5 Å². The van der Waals surface area contributed by atoms with Gasteiger partial charge in [-0.3, -0.25) is 4.79 Å². The van der Waals surface area contributed by atoms with Crippen molar-refractivity contribution in [1.29, 1.82) is 0 Å². The fourth-order valence-electron chi connectivity index (χ4n) is 3.98. The van der Waals surface area contributed by atoms with Gasteiger partial charge in [0.2, 0.25) is 5.91 Å². The van der Waals surface area contributed by atoms with Crippen molar-refractivity contribution in [3.63, 3.8) is 0 Å². The van der Waals surface area contributed by atoms with Gasteiger partial charge in [0, 0.05) is 47.5 Å². The Morgan fingerprint density at radius 3 is 2.33 bits per heavy atom. The summed E-state index contributed by atoms with van der Waals surface area (Å²) in [5, 5.41) is 10.6. The highest BCUT2D eigenvalue weighted by molar-refractivity contribution is 6.42. The van der Waals surface area contributed by atoms with Crippen molar-refractivity contribution in [2.45, 2.75) is 38.1 Å². The molecule has 1 fully saturated rings. The summed E-state index contributed by atoms with van der Waals surface area (Å²) in [7, 11) is 0. The van der Waals surface area contributed by atoms with Crippen LogP contribution in [0.15, 0.2) is 42.5 Å². The molecule has 3 N–H and O–H groups in total. The molecule has 194 valence electrons. The SMILES string of the molecule is O=C(/C=C/c1ccc(Cl)c(Cl)c1)NCCCCCN1CCC(NC(=O)Nc2cc(Cl)cc(Cl)c2)CC1. The molecule has 0 aromatic heterocycles. The minimum Gasteiger partial charge on any atom is -0.353 e. The first-order chi connectivity index (χ1) is 17.3. The summed E-state index contributed by atoms with van der Waals surface area (Å²) in [4.78, 5) is 26.7. The third kappa shape index (κ3) is 10.2. The summed E-state index contributed by atoms with van der Waals surface area (Å²) < 4.78 is 0. The Morgan fingerprint density at radius 2 is 1.64 bits per heavy atom. The normalized spacial score (nSPS) is 14.7. The van der Waals surface area contributed by atoms with E-state index in [0.29, 0.717) is 32.3 Å².